The molecule has 3 N–H and O–H groups in total. The van der Waals surface area contributed by atoms with Crippen molar-refractivity contribution < 1.29 is 17.6 Å². The molecular formula is C14H13F4N3. The van der Waals surface area contributed by atoms with Crippen LogP contribution in [-0.2, 0) is 12.6 Å². The van der Waals surface area contributed by atoms with Crippen LogP contribution < -0.4 is 11.3 Å². The molecule has 2 aromatic rings. The van der Waals surface area contributed by atoms with E-state index in [1.165, 1.54) is 6.07 Å². The van der Waals surface area contributed by atoms with Crippen LogP contribution in [0.4, 0.5) is 17.6 Å². The van der Waals surface area contributed by atoms with Crippen LogP contribution in [0.1, 0.15) is 22.7 Å². The van der Waals surface area contributed by atoms with Gasteiger partial charge >= 0.3 is 6.18 Å². The van der Waals surface area contributed by atoms with Gasteiger partial charge in [0, 0.05) is 12.4 Å². The Kier molecular flexibility index (Phi) is 4.54. The molecule has 1 aromatic carbocycles. The minimum absolute atomic E-state index is 0.340. The molecule has 1 atom stereocenters. The van der Waals surface area contributed by atoms with Gasteiger partial charge in [-0.15, -0.1) is 0 Å². The number of nitrogens with one attached hydrogen (secondary N) is 1. The van der Waals surface area contributed by atoms with Crippen molar-refractivity contribution in [2.45, 2.75) is 18.6 Å². The summed E-state index contributed by atoms with van der Waals surface area (Å²) in [6.45, 7) is 0. The first-order valence-electron chi connectivity index (χ1n) is 6.13. The fourth-order valence-electron chi connectivity index (χ4n) is 2.01. The minimum Gasteiger partial charge on any atom is -0.271 e. The van der Waals surface area contributed by atoms with E-state index in [1.807, 2.05) is 0 Å². The summed E-state index contributed by atoms with van der Waals surface area (Å²) in [6, 6.07) is 5.81. The maximum absolute atomic E-state index is 13.6. The second-order valence-corrected chi connectivity index (χ2v) is 4.52. The number of benzene rings is 1. The molecular weight excluding hydrogens is 286 g/mol. The standard InChI is InChI=1S/C14H13F4N3/c15-12-7-10(3-4-11(12)14(16,17)18)13(21-19)6-9-2-1-5-20-8-9/h1-5,7-8,13,21H,6,19H2. The number of rotatable bonds is 4. The third kappa shape index (κ3) is 3.77. The molecule has 0 saturated carbocycles. The normalized spacial score (nSPS) is 13.2. The molecule has 0 saturated heterocycles. The molecule has 2 rings (SSSR count). The maximum Gasteiger partial charge on any atom is 0.419 e. The van der Waals surface area contributed by atoms with Gasteiger partial charge in [-0.2, -0.15) is 13.2 Å². The number of alkyl halides is 3. The van der Waals surface area contributed by atoms with Crippen LogP contribution in [0.25, 0.3) is 0 Å². The van der Waals surface area contributed by atoms with Gasteiger partial charge in [0.2, 0.25) is 0 Å². The van der Waals surface area contributed by atoms with E-state index < -0.39 is 23.6 Å². The minimum atomic E-state index is -4.71. The van der Waals surface area contributed by atoms with Crippen molar-refractivity contribution in [1.29, 1.82) is 0 Å². The summed E-state index contributed by atoms with van der Waals surface area (Å²) in [5.41, 5.74) is 2.36. The largest absolute Gasteiger partial charge is 0.419 e. The van der Waals surface area contributed by atoms with Crippen molar-refractivity contribution in [2.75, 3.05) is 0 Å². The second kappa shape index (κ2) is 6.19. The van der Waals surface area contributed by atoms with Gasteiger partial charge in [-0.25, -0.2) is 4.39 Å². The molecule has 0 aliphatic rings. The first kappa shape index (κ1) is 15.4. The number of aromatic nitrogens is 1. The SMILES string of the molecule is NNC(Cc1cccnc1)c1ccc(C(F)(F)F)c(F)c1. The Bertz CT molecular complexity index is 599. The third-order valence-corrected chi connectivity index (χ3v) is 3.06. The summed E-state index contributed by atoms with van der Waals surface area (Å²) in [6.07, 6.45) is -1.11. The molecule has 1 unspecified atom stereocenters. The number of pyridine rings is 1. The quantitative estimate of drug-likeness (QED) is 0.518. The van der Waals surface area contributed by atoms with Gasteiger partial charge in [0.05, 0.1) is 11.6 Å². The van der Waals surface area contributed by atoms with Crippen molar-refractivity contribution >= 4 is 0 Å². The summed E-state index contributed by atoms with van der Waals surface area (Å²) in [4.78, 5) is 3.94. The molecule has 0 bridgehead atoms. The van der Waals surface area contributed by atoms with Gasteiger partial charge in [-0.3, -0.25) is 16.3 Å². The number of nitrogens with two attached hydrogens (primary N) is 1. The van der Waals surface area contributed by atoms with Crippen LogP contribution in [0.15, 0.2) is 42.7 Å². The van der Waals surface area contributed by atoms with E-state index in [0.717, 1.165) is 17.7 Å². The zero-order chi connectivity index (χ0) is 15.5. The zero-order valence-corrected chi connectivity index (χ0v) is 10.9. The Morgan fingerprint density at radius 2 is 2.00 bits per heavy atom. The molecule has 1 heterocycles. The van der Waals surface area contributed by atoms with E-state index in [9.17, 15) is 17.6 Å². The second-order valence-electron chi connectivity index (χ2n) is 4.52. The van der Waals surface area contributed by atoms with E-state index in [0.29, 0.717) is 12.0 Å². The van der Waals surface area contributed by atoms with Crippen molar-refractivity contribution in [2.24, 2.45) is 5.84 Å². The maximum atomic E-state index is 13.6. The Morgan fingerprint density at radius 1 is 1.24 bits per heavy atom. The molecule has 0 aliphatic heterocycles. The summed E-state index contributed by atoms with van der Waals surface area (Å²) in [7, 11) is 0. The predicted molar refractivity (Wildman–Crippen MR) is 69.4 cm³/mol. The van der Waals surface area contributed by atoms with Crippen LogP contribution in [0.5, 0.6) is 0 Å². The summed E-state index contributed by atoms with van der Waals surface area (Å²) in [5.74, 6) is 4.10. The Morgan fingerprint density at radius 3 is 2.52 bits per heavy atom. The molecule has 0 amide bonds. The fraction of sp³-hybridized carbons (Fsp3) is 0.214. The van der Waals surface area contributed by atoms with Crippen molar-refractivity contribution in [3.8, 4) is 0 Å². The van der Waals surface area contributed by atoms with E-state index in [4.69, 9.17) is 5.84 Å². The van der Waals surface area contributed by atoms with Crippen LogP contribution in [0, 0.1) is 5.82 Å². The third-order valence-electron chi connectivity index (χ3n) is 3.06. The molecule has 0 radical (unpaired) electrons. The Labute approximate surface area is 118 Å². The molecule has 112 valence electrons. The van der Waals surface area contributed by atoms with Gasteiger partial charge in [0.1, 0.15) is 5.82 Å². The highest BCUT2D eigenvalue weighted by molar-refractivity contribution is 5.29. The fourth-order valence-corrected chi connectivity index (χ4v) is 2.01. The summed E-state index contributed by atoms with van der Waals surface area (Å²) < 4.78 is 51.1. The first-order chi connectivity index (χ1) is 9.91. The van der Waals surface area contributed by atoms with Gasteiger partial charge in [-0.1, -0.05) is 12.1 Å². The van der Waals surface area contributed by atoms with Crippen LogP contribution >= 0.6 is 0 Å². The Hall–Kier alpha value is -1.99. The van der Waals surface area contributed by atoms with Crippen molar-refractivity contribution in [1.82, 2.24) is 10.4 Å². The Balaban J connectivity index is 2.25. The van der Waals surface area contributed by atoms with Gasteiger partial charge in [0.15, 0.2) is 0 Å². The lowest BCUT2D eigenvalue weighted by Gasteiger charge is -2.17. The molecule has 1 aromatic heterocycles. The van der Waals surface area contributed by atoms with Gasteiger partial charge in [0.25, 0.3) is 0 Å². The number of hydrogen-bond donors (Lipinski definition) is 2. The predicted octanol–water partition coefficient (Wildman–Crippen LogP) is 2.99. The van der Waals surface area contributed by atoms with Crippen LogP contribution in [0.2, 0.25) is 0 Å². The molecule has 0 fully saturated rings. The highest BCUT2D eigenvalue weighted by atomic mass is 19.4. The average molecular weight is 299 g/mol. The number of halogens is 4. The molecule has 0 aliphatic carbocycles. The van der Waals surface area contributed by atoms with E-state index in [1.54, 1.807) is 24.5 Å². The lowest BCUT2D eigenvalue weighted by molar-refractivity contribution is -0.140. The number of hydrogen-bond acceptors (Lipinski definition) is 3. The first-order valence-corrected chi connectivity index (χ1v) is 6.13. The number of nitrogens with zero attached hydrogens (tertiary/aromatic N) is 1. The van der Waals surface area contributed by atoms with Crippen molar-refractivity contribution in [3.05, 3.63) is 65.2 Å². The van der Waals surface area contributed by atoms with Gasteiger partial charge < -0.3 is 0 Å². The lowest BCUT2D eigenvalue weighted by Crippen LogP contribution is -2.29. The average Bonchev–Trinajstić information content (AvgIpc) is 2.44. The topological polar surface area (TPSA) is 50.9 Å². The molecule has 21 heavy (non-hydrogen) atoms. The van der Waals surface area contributed by atoms with Gasteiger partial charge in [-0.05, 0) is 35.7 Å². The number of hydrazine groups is 1. The highest BCUT2D eigenvalue weighted by Gasteiger charge is 2.34. The van der Waals surface area contributed by atoms with E-state index in [2.05, 4.69) is 10.4 Å². The smallest absolute Gasteiger partial charge is 0.271 e. The zero-order valence-electron chi connectivity index (χ0n) is 10.9. The van der Waals surface area contributed by atoms with Crippen LogP contribution in [0.3, 0.4) is 0 Å². The van der Waals surface area contributed by atoms with E-state index in [-0.39, 0.29) is 0 Å². The highest BCUT2D eigenvalue weighted by Crippen LogP contribution is 2.32. The molecule has 7 heteroatoms. The summed E-state index contributed by atoms with van der Waals surface area (Å²) >= 11 is 0. The van der Waals surface area contributed by atoms with E-state index >= 15 is 0 Å². The lowest BCUT2D eigenvalue weighted by atomic mass is 9.99. The summed E-state index contributed by atoms with van der Waals surface area (Å²) in [5, 5.41) is 0. The van der Waals surface area contributed by atoms with Crippen LogP contribution in [-0.4, -0.2) is 4.98 Å². The monoisotopic (exact) mass is 299 g/mol. The van der Waals surface area contributed by atoms with Crippen molar-refractivity contribution in [3.63, 3.8) is 0 Å². The molecule has 3 nitrogen and oxygen atoms in total. The molecule has 0 spiro atoms.